The van der Waals surface area contributed by atoms with Gasteiger partial charge in [0.2, 0.25) is 0 Å². The van der Waals surface area contributed by atoms with Crippen LogP contribution in [-0.4, -0.2) is 96.7 Å². The van der Waals surface area contributed by atoms with E-state index in [1.54, 1.807) is 0 Å². The first-order valence-electron chi connectivity index (χ1n) is 36.8. The number of phosphoric ester groups is 2. The van der Waals surface area contributed by atoms with Gasteiger partial charge in [0.05, 0.1) is 26.4 Å². The van der Waals surface area contributed by atoms with Gasteiger partial charge in [-0.25, -0.2) is 9.13 Å². The van der Waals surface area contributed by atoms with Crippen molar-refractivity contribution < 1.29 is 80.2 Å². The van der Waals surface area contributed by atoms with Crippen molar-refractivity contribution >= 4 is 39.5 Å². The van der Waals surface area contributed by atoms with Gasteiger partial charge in [-0.2, -0.15) is 0 Å². The molecule has 0 saturated carbocycles. The summed E-state index contributed by atoms with van der Waals surface area (Å²) in [6.45, 7) is 4.62. The van der Waals surface area contributed by atoms with Gasteiger partial charge in [-0.05, 0) is 128 Å². The number of carbonyl (C=O) groups excluding carboxylic acids is 4. The second-order valence-corrected chi connectivity index (χ2v) is 27.4. The lowest BCUT2D eigenvalue weighted by molar-refractivity contribution is -0.161. The molecule has 17 nitrogen and oxygen atoms in total. The maximum atomic E-state index is 13.1. The van der Waals surface area contributed by atoms with Crippen LogP contribution in [0.4, 0.5) is 0 Å². The first-order valence-corrected chi connectivity index (χ1v) is 39.8. The lowest BCUT2D eigenvalue weighted by Gasteiger charge is -2.21. The van der Waals surface area contributed by atoms with Crippen LogP contribution in [0, 0.1) is 0 Å². The summed E-state index contributed by atoms with van der Waals surface area (Å²) < 4.78 is 68.3. The van der Waals surface area contributed by atoms with E-state index < -0.39 is 97.5 Å². The Hall–Kier alpha value is -3.76. The number of esters is 4. The van der Waals surface area contributed by atoms with E-state index in [1.807, 2.05) is 0 Å². The summed E-state index contributed by atoms with van der Waals surface area (Å²) in [7, 11) is -9.94. The molecule has 0 spiro atoms. The van der Waals surface area contributed by atoms with E-state index >= 15 is 0 Å². The van der Waals surface area contributed by atoms with E-state index in [-0.39, 0.29) is 25.7 Å². The number of phosphoric acid groups is 2. The summed E-state index contributed by atoms with van der Waals surface area (Å²) in [5.41, 5.74) is 0. The largest absolute Gasteiger partial charge is 0.472 e. The first kappa shape index (κ1) is 90.2. The van der Waals surface area contributed by atoms with Crippen LogP contribution in [0.2, 0.25) is 0 Å². The molecule has 0 heterocycles. The van der Waals surface area contributed by atoms with Gasteiger partial charge in [0.15, 0.2) is 12.2 Å². The van der Waals surface area contributed by atoms with Gasteiger partial charge in [-0.1, -0.05) is 241 Å². The highest BCUT2D eigenvalue weighted by Crippen LogP contribution is 2.45. The van der Waals surface area contributed by atoms with Gasteiger partial charge in [0, 0.05) is 25.7 Å². The number of rotatable bonds is 69. The van der Waals surface area contributed by atoms with Crippen LogP contribution < -0.4 is 0 Å². The number of ether oxygens (including phenoxy) is 4. The Labute approximate surface area is 570 Å². The molecule has 0 aliphatic heterocycles. The van der Waals surface area contributed by atoms with Crippen molar-refractivity contribution in [2.75, 3.05) is 39.6 Å². The molecule has 94 heavy (non-hydrogen) atoms. The summed E-state index contributed by atoms with van der Waals surface area (Å²) in [6.07, 6.45) is 67.3. The molecule has 0 fully saturated rings. The highest BCUT2D eigenvalue weighted by molar-refractivity contribution is 7.47. The standard InChI is InChI=1S/C75H132O17P2/c1-5-9-13-17-21-25-29-31-33-34-36-37-41-44-48-52-56-60-73(78)86-66-71(92-75(80)62-58-54-50-46-42-38-35-32-30-26-22-18-14-10-6-2)68-90-94(83,84)88-64-69(76)63-87-93(81,82)89-67-70(91-74(79)61-57-53-49-45-40-28-24-20-16-12-8-4)65-85-72(77)59-55-51-47-43-39-27-23-19-15-11-7-3/h9,13,19-26,31-33,35,69-71,76H,5-8,10-12,14-18,27-30,34,36-68H2,1-4H3,(H,81,82)(H,83,84)/b13-9-,23-19-,24-20-,25-21-,26-22-,33-31-,35-32-. The fraction of sp³-hybridized carbons (Fsp3) is 0.760. The highest BCUT2D eigenvalue weighted by Gasteiger charge is 2.30. The third-order valence-corrected chi connectivity index (χ3v) is 17.2. The molecule has 0 rings (SSSR count). The molecule has 19 heteroatoms. The Morgan fingerprint density at radius 2 is 0.564 bits per heavy atom. The number of hydrogen-bond acceptors (Lipinski definition) is 15. The summed E-state index contributed by atoms with van der Waals surface area (Å²) in [4.78, 5) is 72.6. The van der Waals surface area contributed by atoms with Gasteiger partial charge in [0.25, 0.3) is 0 Å². The molecular weight excluding hydrogens is 1230 g/mol. The predicted octanol–water partition coefficient (Wildman–Crippen LogP) is 20.7. The van der Waals surface area contributed by atoms with Crippen molar-refractivity contribution in [3.8, 4) is 0 Å². The molecule has 3 N–H and O–H groups in total. The summed E-state index contributed by atoms with van der Waals surface area (Å²) in [5.74, 6) is -2.21. The number of aliphatic hydroxyl groups excluding tert-OH is 1. The molecule has 0 aliphatic carbocycles. The minimum Gasteiger partial charge on any atom is -0.462 e. The molecule has 5 atom stereocenters. The Bertz CT molecular complexity index is 2120. The van der Waals surface area contributed by atoms with Gasteiger partial charge < -0.3 is 33.8 Å². The Morgan fingerprint density at radius 1 is 0.309 bits per heavy atom. The second-order valence-electron chi connectivity index (χ2n) is 24.5. The number of hydrogen-bond donors (Lipinski definition) is 3. The van der Waals surface area contributed by atoms with E-state index in [4.69, 9.17) is 37.0 Å². The smallest absolute Gasteiger partial charge is 0.462 e. The Morgan fingerprint density at radius 3 is 0.894 bits per heavy atom. The lowest BCUT2D eigenvalue weighted by Crippen LogP contribution is -2.30. The van der Waals surface area contributed by atoms with Crippen LogP contribution in [0.15, 0.2) is 85.1 Å². The molecule has 5 unspecified atom stereocenters. The fourth-order valence-electron chi connectivity index (χ4n) is 9.64. The zero-order chi connectivity index (χ0) is 69.0. The molecule has 0 aromatic heterocycles. The molecule has 0 aromatic rings. The average Bonchev–Trinajstić information content (AvgIpc) is 1.29. The normalized spacial score (nSPS) is 14.5. The van der Waals surface area contributed by atoms with Crippen LogP contribution in [0.1, 0.15) is 310 Å². The van der Waals surface area contributed by atoms with Crippen molar-refractivity contribution in [1.29, 1.82) is 0 Å². The third-order valence-electron chi connectivity index (χ3n) is 15.3. The van der Waals surface area contributed by atoms with Crippen molar-refractivity contribution in [3.05, 3.63) is 85.1 Å². The van der Waals surface area contributed by atoms with Gasteiger partial charge in [0.1, 0.15) is 19.3 Å². The second kappa shape index (κ2) is 67.8. The fourth-order valence-corrected chi connectivity index (χ4v) is 11.2. The van der Waals surface area contributed by atoms with Gasteiger partial charge >= 0.3 is 39.5 Å². The predicted molar refractivity (Wildman–Crippen MR) is 381 cm³/mol. The van der Waals surface area contributed by atoms with Crippen LogP contribution in [0.25, 0.3) is 0 Å². The molecule has 0 aromatic carbocycles. The molecule has 0 aliphatic rings. The van der Waals surface area contributed by atoms with E-state index in [0.717, 1.165) is 186 Å². The number of carbonyl (C=O) groups is 4. The molecule has 0 saturated heterocycles. The molecular formula is C75H132O17P2. The SMILES string of the molecule is CC/C=C\C/C=C\C/C=C\CCCCCCCCCC(=O)OCC(COP(=O)(O)OCC(O)COP(=O)(O)OCC(COC(=O)CCCCCCC/C=C\CCCC)OC(=O)CCCCCCC/C=C\CCCC)OC(=O)CCCCCCC/C=C\C/C=C\CCCCC. The minimum atomic E-state index is -4.97. The van der Waals surface area contributed by atoms with Crippen LogP contribution in [0.5, 0.6) is 0 Å². The lowest BCUT2D eigenvalue weighted by atomic mass is 10.1. The molecule has 0 radical (unpaired) electrons. The summed E-state index contributed by atoms with van der Waals surface area (Å²) >= 11 is 0. The van der Waals surface area contributed by atoms with Crippen molar-refractivity contribution in [3.63, 3.8) is 0 Å². The zero-order valence-corrected chi connectivity index (χ0v) is 60.9. The maximum Gasteiger partial charge on any atom is 0.472 e. The van der Waals surface area contributed by atoms with E-state index in [9.17, 15) is 43.2 Å². The zero-order valence-electron chi connectivity index (χ0n) is 59.1. The molecule has 0 bridgehead atoms. The van der Waals surface area contributed by atoms with Crippen molar-refractivity contribution in [1.82, 2.24) is 0 Å². The summed E-state index contributed by atoms with van der Waals surface area (Å²) in [5, 5.41) is 10.6. The van der Waals surface area contributed by atoms with E-state index in [1.165, 1.54) is 44.9 Å². The highest BCUT2D eigenvalue weighted by atomic mass is 31.2. The third kappa shape index (κ3) is 66.8. The minimum absolute atomic E-state index is 0.0774. The Kier molecular flexibility index (Phi) is 65.1. The quantitative estimate of drug-likeness (QED) is 0.0169. The Balaban J connectivity index is 5.33. The maximum absolute atomic E-state index is 13.1. The van der Waals surface area contributed by atoms with Gasteiger partial charge in [-0.15, -0.1) is 0 Å². The topological polar surface area (TPSA) is 237 Å². The number of unbranched alkanes of at least 4 members (excludes halogenated alkanes) is 29. The first-order chi connectivity index (χ1) is 45.7. The molecule has 544 valence electrons. The number of aliphatic hydroxyl groups is 1. The van der Waals surface area contributed by atoms with E-state index in [2.05, 4.69) is 113 Å². The monoisotopic (exact) mass is 1370 g/mol. The van der Waals surface area contributed by atoms with E-state index in [0.29, 0.717) is 25.7 Å². The van der Waals surface area contributed by atoms with Crippen LogP contribution >= 0.6 is 15.6 Å². The number of allylic oxidation sites excluding steroid dienone is 14. The molecule has 0 amide bonds. The van der Waals surface area contributed by atoms with Crippen LogP contribution in [0.3, 0.4) is 0 Å². The van der Waals surface area contributed by atoms with Gasteiger partial charge in [-0.3, -0.25) is 37.3 Å². The summed E-state index contributed by atoms with van der Waals surface area (Å²) in [6, 6.07) is 0. The van der Waals surface area contributed by atoms with Crippen molar-refractivity contribution in [2.24, 2.45) is 0 Å². The van der Waals surface area contributed by atoms with Crippen molar-refractivity contribution in [2.45, 2.75) is 329 Å². The van der Waals surface area contributed by atoms with Crippen LogP contribution in [-0.2, 0) is 65.4 Å². The average molecular weight is 1370 g/mol.